The topological polar surface area (TPSA) is 141 Å². The van der Waals surface area contributed by atoms with Gasteiger partial charge in [0.25, 0.3) is 5.60 Å². The van der Waals surface area contributed by atoms with Crippen molar-refractivity contribution in [2.75, 3.05) is 40.0 Å². The van der Waals surface area contributed by atoms with Crippen LogP contribution in [0.4, 0.5) is 0 Å². The molecular weight excluding hydrogens is 693 g/mol. The maximum absolute atomic E-state index is 15.1. The molecule has 7 aliphatic rings. The summed E-state index contributed by atoms with van der Waals surface area (Å²) < 4.78 is 12.8. The van der Waals surface area contributed by atoms with Crippen LogP contribution in [0.2, 0.25) is 0 Å². The van der Waals surface area contributed by atoms with E-state index in [-0.39, 0.29) is 55.2 Å². The molecule has 3 aliphatic heterocycles. The molecule has 13 unspecified atom stereocenters. The quantitative estimate of drug-likeness (QED) is 0.0595. The van der Waals surface area contributed by atoms with E-state index < -0.39 is 29.0 Å². The third-order valence-electron chi connectivity index (χ3n) is 15.5. The maximum atomic E-state index is 15.1. The van der Waals surface area contributed by atoms with Crippen molar-refractivity contribution in [3.63, 3.8) is 0 Å². The zero-order valence-electron chi connectivity index (χ0n) is 34.3. The summed E-state index contributed by atoms with van der Waals surface area (Å²) >= 11 is 0. The first-order valence-electron chi connectivity index (χ1n) is 22.4. The Hall–Kier alpha value is -1.95. The Bertz CT molecular complexity index is 1450. The Morgan fingerprint density at radius 3 is 2.58 bits per heavy atom. The molecule has 4 bridgehead atoms. The first-order chi connectivity index (χ1) is 26.6. The zero-order valence-corrected chi connectivity index (χ0v) is 34.3. The van der Waals surface area contributed by atoms with Gasteiger partial charge in [0.2, 0.25) is 0 Å². The number of carbonyl (C=O) groups is 3. The minimum atomic E-state index is -1.93. The number of carbonyl (C=O) groups excluding carboxylic acids is 3. The Balaban J connectivity index is 1.16. The molecule has 55 heavy (non-hydrogen) atoms. The molecule has 3 saturated heterocycles. The smallest absolute Gasteiger partial charge is 0.350 e. The molecule has 0 aromatic carbocycles. The number of hydrogen-bond acceptors (Lipinski definition) is 10. The zero-order chi connectivity index (χ0) is 38.7. The number of ketones is 2. The van der Waals surface area contributed by atoms with E-state index in [1.165, 1.54) is 19.3 Å². The fraction of sp³-hybridized carbons (Fsp3) is 0.844. The number of allylic oxidation sites excluding steroid dienone is 3. The summed E-state index contributed by atoms with van der Waals surface area (Å²) in [6.07, 6.45) is 20.3. The van der Waals surface area contributed by atoms with Crippen LogP contribution >= 0.6 is 0 Å². The van der Waals surface area contributed by atoms with E-state index in [0.717, 1.165) is 102 Å². The standard InChI is InChI=1S/C45H72N4O6/c1-5-47-38-23-32-13-8-12-31-11-7-6-10-28(2)20-33-14-9-15-36-40(33)42(52)45(43(53)54-26-34(38)22-37(31)32)44(55-45,41(36)51)24-35(25-50)29(3)16-17-30-18-19-48-39(21-30)49-27-46-4/h8,13,28,30-34,36-40,46-50H,5-7,9-12,14-27H2,1-4H3. The highest BCUT2D eigenvalue weighted by Crippen LogP contribution is 2.63. The molecular formula is C45H72N4O6. The predicted molar refractivity (Wildman–Crippen MR) is 214 cm³/mol. The van der Waals surface area contributed by atoms with E-state index in [2.05, 4.69) is 47.3 Å². The van der Waals surface area contributed by atoms with Crippen molar-refractivity contribution in [1.29, 1.82) is 0 Å². The minimum absolute atomic E-state index is 0.0559. The van der Waals surface area contributed by atoms with Gasteiger partial charge in [-0.1, -0.05) is 57.3 Å². The number of piperidine rings is 1. The highest BCUT2D eigenvalue weighted by molar-refractivity contribution is 6.23. The monoisotopic (exact) mass is 765 g/mol. The molecule has 0 aromatic heterocycles. The van der Waals surface area contributed by atoms with Gasteiger partial charge >= 0.3 is 5.97 Å². The van der Waals surface area contributed by atoms with Crippen LogP contribution in [0.15, 0.2) is 23.3 Å². The van der Waals surface area contributed by atoms with Gasteiger partial charge in [0.05, 0.1) is 19.4 Å². The Morgan fingerprint density at radius 2 is 1.78 bits per heavy atom. The van der Waals surface area contributed by atoms with Gasteiger partial charge in [0.15, 0.2) is 17.2 Å². The van der Waals surface area contributed by atoms with Crippen LogP contribution in [0.1, 0.15) is 124 Å². The molecule has 5 N–H and O–H groups in total. The van der Waals surface area contributed by atoms with Crippen molar-refractivity contribution >= 4 is 17.5 Å². The summed E-state index contributed by atoms with van der Waals surface area (Å²) in [6, 6.07) is 0.212. The molecule has 3 heterocycles. The number of nitrogens with one attached hydrogen (secondary N) is 4. The fourth-order valence-electron chi connectivity index (χ4n) is 12.5. The number of cyclic esters (lactones) is 1. The summed E-state index contributed by atoms with van der Waals surface area (Å²) in [6.45, 7) is 9.00. The average Bonchev–Trinajstić information content (AvgIpc) is 3.89. The first kappa shape index (κ1) is 41.2. The van der Waals surface area contributed by atoms with Gasteiger partial charge in [-0.3, -0.25) is 14.9 Å². The van der Waals surface area contributed by atoms with Crippen molar-refractivity contribution < 1.29 is 29.0 Å². The van der Waals surface area contributed by atoms with Crippen LogP contribution in [-0.4, -0.2) is 86.1 Å². The largest absolute Gasteiger partial charge is 0.463 e. The average molecular weight is 765 g/mol. The molecule has 7 rings (SSSR count). The van der Waals surface area contributed by atoms with Gasteiger partial charge in [-0.2, -0.15) is 0 Å². The number of aliphatic hydroxyl groups is 1. The summed E-state index contributed by atoms with van der Waals surface area (Å²) in [4.78, 5) is 44.8. The number of rotatable bonds is 11. The molecule has 0 aromatic rings. The summed E-state index contributed by atoms with van der Waals surface area (Å²) in [5, 5.41) is 24.8. The van der Waals surface area contributed by atoms with Gasteiger partial charge in [0.1, 0.15) is 0 Å². The maximum Gasteiger partial charge on any atom is 0.350 e. The Morgan fingerprint density at radius 1 is 0.964 bits per heavy atom. The molecule has 6 fully saturated rings. The van der Waals surface area contributed by atoms with E-state index in [4.69, 9.17) is 9.47 Å². The Kier molecular flexibility index (Phi) is 13.4. The fourth-order valence-corrected chi connectivity index (χ4v) is 12.5. The summed E-state index contributed by atoms with van der Waals surface area (Å²) in [7, 11) is 1.93. The number of hydrogen-bond donors (Lipinski definition) is 5. The second kappa shape index (κ2) is 17.9. The second-order valence-corrected chi connectivity index (χ2v) is 18.9. The molecule has 0 radical (unpaired) electrons. The number of aliphatic hydroxyl groups excluding tert-OH is 1. The lowest BCUT2D eigenvalue weighted by Gasteiger charge is -2.45. The molecule has 10 nitrogen and oxygen atoms in total. The van der Waals surface area contributed by atoms with E-state index >= 15 is 4.79 Å². The van der Waals surface area contributed by atoms with Gasteiger partial charge < -0.3 is 30.5 Å². The lowest BCUT2D eigenvalue weighted by atomic mass is 9.56. The number of Topliss-reactive ketones (excluding diaryl/α,β-unsaturated/α-hetero) is 2. The van der Waals surface area contributed by atoms with Gasteiger partial charge in [-0.25, -0.2) is 4.79 Å². The van der Waals surface area contributed by atoms with Crippen molar-refractivity contribution in [2.24, 2.45) is 53.3 Å². The van der Waals surface area contributed by atoms with Gasteiger partial charge in [-0.15, -0.1) is 0 Å². The van der Waals surface area contributed by atoms with E-state index in [0.29, 0.717) is 36.0 Å². The van der Waals surface area contributed by atoms with E-state index in [9.17, 15) is 14.7 Å². The van der Waals surface area contributed by atoms with Crippen molar-refractivity contribution in [3.05, 3.63) is 23.3 Å². The van der Waals surface area contributed by atoms with Crippen molar-refractivity contribution in [3.8, 4) is 0 Å². The van der Waals surface area contributed by atoms with Crippen LogP contribution in [0.3, 0.4) is 0 Å². The number of epoxide rings is 1. The second-order valence-electron chi connectivity index (χ2n) is 18.9. The molecule has 13 atom stereocenters. The van der Waals surface area contributed by atoms with Gasteiger partial charge in [-0.05, 0) is 139 Å². The predicted octanol–water partition coefficient (Wildman–Crippen LogP) is 5.59. The van der Waals surface area contributed by atoms with Crippen LogP contribution in [0.25, 0.3) is 0 Å². The number of ether oxygens (including phenoxy) is 2. The molecule has 3 saturated carbocycles. The van der Waals surface area contributed by atoms with Gasteiger partial charge in [0, 0.05) is 36.9 Å². The first-order valence-corrected chi connectivity index (χ1v) is 22.4. The van der Waals surface area contributed by atoms with Crippen molar-refractivity contribution in [1.82, 2.24) is 21.3 Å². The van der Waals surface area contributed by atoms with Crippen LogP contribution < -0.4 is 21.3 Å². The van der Waals surface area contributed by atoms with Crippen molar-refractivity contribution in [2.45, 2.75) is 147 Å². The van der Waals surface area contributed by atoms with Crippen LogP contribution in [0, 0.1) is 53.3 Å². The lowest BCUT2D eigenvalue weighted by Crippen LogP contribution is -2.60. The number of esters is 1. The minimum Gasteiger partial charge on any atom is -0.463 e. The highest BCUT2D eigenvalue weighted by atomic mass is 16.7. The lowest BCUT2D eigenvalue weighted by molar-refractivity contribution is -0.161. The third kappa shape index (κ3) is 8.21. The Labute approximate surface area is 330 Å². The molecule has 1 spiro atoms. The molecule has 10 heteroatoms. The van der Waals surface area contributed by atoms with Crippen LogP contribution in [0.5, 0.6) is 0 Å². The summed E-state index contributed by atoms with van der Waals surface area (Å²) in [5.41, 5.74) is -1.79. The highest BCUT2D eigenvalue weighted by Gasteiger charge is 2.87. The number of fused-ring (bicyclic) bond motifs is 1. The van der Waals surface area contributed by atoms with E-state index in [1.807, 2.05) is 14.0 Å². The van der Waals surface area contributed by atoms with Crippen LogP contribution in [-0.2, 0) is 23.9 Å². The van der Waals surface area contributed by atoms with E-state index in [1.54, 1.807) is 0 Å². The summed E-state index contributed by atoms with van der Waals surface area (Å²) in [5.74, 6) is 0.917. The normalized spacial score (nSPS) is 42.5. The molecule has 308 valence electrons. The molecule has 0 amide bonds. The third-order valence-corrected chi connectivity index (χ3v) is 15.5. The SMILES string of the molecule is CCNC1CC2C=CCC3CCCCC(C)CC4CCCC5C(=O)C6(CC(CO)=C(C)CCC7CCNC(NCNC)C7)OC6(C(=O)OCC1CC23)C(=O)C45. The molecule has 4 aliphatic carbocycles.